The number of rotatable bonds is 3. The molecule has 94 valence electrons. The number of halogens is 1. The first kappa shape index (κ1) is 11.7. The molecule has 1 aliphatic rings. The number of pyridine rings is 2. The van der Waals surface area contributed by atoms with Crippen molar-refractivity contribution in [2.75, 3.05) is 13.1 Å². The highest BCUT2D eigenvalue weighted by Gasteiger charge is 2.16. The van der Waals surface area contributed by atoms with Crippen LogP contribution in [0, 0.1) is 5.92 Å². The molecule has 1 aliphatic heterocycles. The van der Waals surface area contributed by atoms with E-state index in [0.29, 0.717) is 11.1 Å². The lowest BCUT2D eigenvalue weighted by atomic mass is 9.99. The molecule has 0 spiro atoms. The normalized spacial score (nSPS) is 15.8. The van der Waals surface area contributed by atoms with Gasteiger partial charge < -0.3 is 9.88 Å². The van der Waals surface area contributed by atoms with Gasteiger partial charge in [-0.2, -0.15) is 0 Å². The van der Waals surface area contributed by atoms with Crippen molar-refractivity contribution in [2.24, 2.45) is 5.92 Å². The molecule has 0 amide bonds. The Hall–Kier alpha value is -1.39. The van der Waals surface area contributed by atoms with E-state index in [1.165, 1.54) is 0 Å². The molecule has 0 aromatic carbocycles. The lowest BCUT2D eigenvalue weighted by Gasteiger charge is -2.27. The molecule has 0 saturated carbocycles. The average molecular weight is 264 g/mol. The van der Waals surface area contributed by atoms with Crippen molar-refractivity contribution in [2.45, 2.75) is 13.0 Å². The monoisotopic (exact) mass is 263 g/mol. The Bertz CT molecular complexity index is 634. The minimum atomic E-state index is 0.0250. The van der Waals surface area contributed by atoms with E-state index < -0.39 is 0 Å². The summed E-state index contributed by atoms with van der Waals surface area (Å²) < 4.78 is 1.79. The Morgan fingerprint density at radius 3 is 3.00 bits per heavy atom. The molecule has 0 bridgehead atoms. The maximum atomic E-state index is 11.9. The molecule has 1 saturated heterocycles. The van der Waals surface area contributed by atoms with Crippen LogP contribution in [0.5, 0.6) is 0 Å². The van der Waals surface area contributed by atoms with Gasteiger partial charge in [-0.3, -0.25) is 4.79 Å². The third-order valence-electron chi connectivity index (χ3n) is 3.47. The van der Waals surface area contributed by atoms with Gasteiger partial charge in [-0.1, -0.05) is 11.6 Å². The standard InChI is InChI=1S/C13H14ClN3O/c14-12-5-11-10(8-16-12)1-2-13(18)17(11)4-3-9-6-15-7-9/h1-2,5,8-9,15H,3-4,6-7H2. The van der Waals surface area contributed by atoms with Crippen LogP contribution in [0.15, 0.2) is 29.2 Å². The third kappa shape index (κ3) is 2.13. The molecule has 3 heterocycles. The SMILES string of the molecule is O=c1ccc2cnc(Cl)cc2n1CCC1CNC1. The fraction of sp³-hybridized carbons (Fsp3) is 0.385. The van der Waals surface area contributed by atoms with Gasteiger partial charge in [-0.15, -0.1) is 0 Å². The molecule has 3 rings (SSSR count). The van der Waals surface area contributed by atoms with Crippen molar-refractivity contribution in [3.05, 3.63) is 39.9 Å². The smallest absolute Gasteiger partial charge is 0.251 e. The van der Waals surface area contributed by atoms with Crippen molar-refractivity contribution in [1.29, 1.82) is 0 Å². The third-order valence-corrected chi connectivity index (χ3v) is 3.67. The van der Waals surface area contributed by atoms with Crippen LogP contribution in [0.25, 0.3) is 10.9 Å². The molecular weight excluding hydrogens is 250 g/mol. The van der Waals surface area contributed by atoms with Crippen LogP contribution in [0.4, 0.5) is 0 Å². The second-order valence-electron chi connectivity index (χ2n) is 4.70. The molecule has 2 aromatic rings. The van der Waals surface area contributed by atoms with Gasteiger partial charge in [-0.25, -0.2) is 4.98 Å². The van der Waals surface area contributed by atoms with Crippen LogP contribution in [0.1, 0.15) is 6.42 Å². The fourth-order valence-electron chi connectivity index (χ4n) is 2.26. The summed E-state index contributed by atoms with van der Waals surface area (Å²) in [4.78, 5) is 16.0. The molecule has 18 heavy (non-hydrogen) atoms. The molecule has 4 nitrogen and oxygen atoms in total. The van der Waals surface area contributed by atoms with E-state index in [9.17, 15) is 4.79 Å². The molecule has 0 radical (unpaired) electrons. The zero-order valence-electron chi connectivity index (χ0n) is 9.90. The number of hydrogen-bond acceptors (Lipinski definition) is 3. The summed E-state index contributed by atoms with van der Waals surface area (Å²) in [5, 5.41) is 4.61. The van der Waals surface area contributed by atoms with Gasteiger partial charge >= 0.3 is 0 Å². The lowest BCUT2D eigenvalue weighted by molar-refractivity contribution is 0.312. The first-order valence-electron chi connectivity index (χ1n) is 6.10. The molecule has 0 aliphatic carbocycles. The van der Waals surface area contributed by atoms with Crippen molar-refractivity contribution in [1.82, 2.24) is 14.9 Å². The molecule has 5 heteroatoms. The second-order valence-corrected chi connectivity index (χ2v) is 5.09. The summed E-state index contributed by atoms with van der Waals surface area (Å²) in [5.74, 6) is 0.685. The summed E-state index contributed by atoms with van der Waals surface area (Å²) in [6.45, 7) is 2.85. The maximum absolute atomic E-state index is 11.9. The first-order chi connectivity index (χ1) is 8.74. The highest BCUT2D eigenvalue weighted by molar-refractivity contribution is 6.29. The lowest BCUT2D eigenvalue weighted by Crippen LogP contribution is -2.42. The number of aromatic nitrogens is 2. The van der Waals surface area contributed by atoms with Gasteiger partial charge in [0.05, 0.1) is 5.52 Å². The maximum Gasteiger partial charge on any atom is 0.251 e. The topological polar surface area (TPSA) is 46.9 Å². The van der Waals surface area contributed by atoms with E-state index in [1.54, 1.807) is 29.0 Å². The predicted octanol–water partition coefficient (Wildman–Crippen LogP) is 1.66. The number of nitrogens with one attached hydrogen (secondary N) is 1. The van der Waals surface area contributed by atoms with E-state index in [0.717, 1.165) is 37.0 Å². The Labute approximate surface area is 110 Å². The van der Waals surface area contributed by atoms with Gasteiger partial charge in [0, 0.05) is 24.2 Å². The van der Waals surface area contributed by atoms with Crippen LogP contribution in [-0.2, 0) is 6.54 Å². The molecule has 2 aromatic heterocycles. The van der Waals surface area contributed by atoms with Gasteiger partial charge in [0.25, 0.3) is 5.56 Å². The van der Waals surface area contributed by atoms with Gasteiger partial charge in [0.2, 0.25) is 0 Å². The quantitative estimate of drug-likeness (QED) is 0.857. The minimum absolute atomic E-state index is 0.0250. The molecule has 0 atom stereocenters. The number of aryl methyl sites for hydroxylation is 1. The predicted molar refractivity (Wildman–Crippen MR) is 72.0 cm³/mol. The van der Waals surface area contributed by atoms with Crippen molar-refractivity contribution < 1.29 is 0 Å². The van der Waals surface area contributed by atoms with Crippen LogP contribution in [-0.4, -0.2) is 22.6 Å². The van der Waals surface area contributed by atoms with Crippen molar-refractivity contribution in [3.8, 4) is 0 Å². The van der Waals surface area contributed by atoms with Gasteiger partial charge in [0.1, 0.15) is 5.15 Å². The van der Waals surface area contributed by atoms with E-state index in [-0.39, 0.29) is 5.56 Å². The van der Waals surface area contributed by atoms with Crippen LogP contribution in [0.3, 0.4) is 0 Å². The highest BCUT2D eigenvalue weighted by atomic mass is 35.5. The Morgan fingerprint density at radius 2 is 2.28 bits per heavy atom. The van der Waals surface area contributed by atoms with Gasteiger partial charge in [-0.05, 0) is 37.6 Å². The molecule has 1 N–H and O–H groups in total. The van der Waals surface area contributed by atoms with E-state index in [2.05, 4.69) is 10.3 Å². The van der Waals surface area contributed by atoms with E-state index in [4.69, 9.17) is 11.6 Å². The highest BCUT2D eigenvalue weighted by Crippen LogP contribution is 2.17. The van der Waals surface area contributed by atoms with E-state index >= 15 is 0 Å². The summed E-state index contributed by atoms with van der Waals surface area (Å²) in [6.07, 6.45) is 2.73. The van der Waals surface area contributed by atoms with Crippen LogP contribution in [0.2, 0.25) is 5.15 Å². The minimum Gasteiger partial charge on any atom is -0.316 e. The number of fused-ring (bicyclic) bond motifs is 1. The Kier molecular flexibility index (Phi) is 3.06. The van der Waals surface area contributed by atoms with Gasteiger partial charge in [0.15, 0.2) is 0 Å². The van der Waals surface area contributed by atoms with E-state index in [1.807, 2.05) is 0 Å². The zero-order valence-corrected chi connectivity index (χ0v) is 10.7. The fourth-order valence-corrected chi connectivity index (χ4v) is 2.41. The largest absolute Gasteiger partial charge is 0.316 e. The molecule has 0 unspecified atom stereocenters. The Morgan fingerprint density at radius 1 is 1.44 bits per heavy atom. The molecular formula is C13H14ClN3O. The van der Waals surface area contributed by atoms with Crippen molar-refractivity contribution in [3.63, 3.8) is 0 Å². The van der Waals surface area contributed by atoms with Crippen LogP contribution >= 0.6 is 11.6 Å². The Balaban J connectivity index is 1.99. The zero-order chi connectivity index (χ0) is 12.5. The first-order valence-corrected chi connectivity index (χ1v) is 6.47. The summed E-state index contributed by atoms with van der Waals surface area (Å²) in [5.41, 5.74) is 0.895. The van der Waals surface area contributed by atoms with Crippen LogP contribution < -0.4 is 10.9 Å². The average Bonchev–Trinajstić information content (AvgIpc) is 2.30. The second kappa shape index (κ2) is 4.71. The number of hydrogen-bond donors (Lipinski definition) is 1. The molecule has 1 fully saturated rings. The van der Waals surface area contributed by atoms with Crippen molar-refractivity contribution >= 4 is 22.5 Å². The summed E-state index contributed by atoms with van der Waals surface area (Å²) in [7, 11) is 0. The number of nitrogens with zero attached hydrogens (tertiary/aromatic N) is 2. The summed E-state index contributed by atoms with van der Waals surface area (Å²) >= 11 is 5.91. The summed E-state index contributed by atoms with van der Waals surface area (Å²) in [6, 6.07) is 5.15.